The van der Waals surface area contributed by atoms with Gasteiger partial charge in [-0.25, -0.2) is 0 Å². The number of aryl methyl sites for hydroxylation is 1. The molecule has 2 amide bonds. The second kappa shape index (κ2) is 10.4. The van der Waals surface area contributed by atoms with E-state index in [-0.39, 0.29) is 24.1 Å². The SMILES string of the molecule is Cc1ccc([C@@H](C(=O)NCc2ccccc2)N(Cc2ccco2)C(=O)c2ccccn2)cc1. The Morgan fingerprint density at radius 3 is 2.36 bits per heavy atom. The molecule has 6 nitrogen and oxygen atoms in total. The van der Waals surface area contributed by atoms with Crippen molar-refractivity contribution in [3.8, 4) is 0 Å². The van der Waals surface area contributed by atoms with E-state index in [2.05, 4.69) is 10.3 Å². The zero-order chi connectivity index (χ0) is 23.0. The van der Waals surface area contributed by atoms with Crippen LogP contribution in [0.25, 0.3) is 0 Å². The maximum atomic E-state index is 13.6. The summed E-state index contributed by atoms with van der Waals surface area (Å²) in [4.78, 5) is 32.8. The van der Waals surface area contributed by atoms with Crippen LogP contribution < -0.4 is 5.32 Å². The van der Waals surface area contributed by atoms with Gasteiger partial charge in [0.25, 0.3) is 5.91 Å². The van der Waals surface area contributed by atoms with E-state index in [4.69, 9.17) is 4.42 Å². The number of furan rings is 1. The first kappa shape index (κ1) is 22.0. The van der Waals surface area contributed by atoms with Crippen molar-refractivity contribution in [2.45, 2.75) is 26.1 Å². The Hall–Kier alpha value is -4.19. The Balaban J connectivity index is 1.70. The molecule has 0 fully saturated rings. The summed E-state index contributed by atoms with van der Waals surface area (Å²) in [7, 11) is 0. The predicted molar refractivity (Wildman–Crippen MR) is 125 cm³/mol. The molecule has 2 aromatic carbocycles. The van der Waals surface area contributed by atoms with Gasteiger partial charge in [-0.05, 0) is 42.3 Å². The van der Waals surface area contributed by atoms with Crippen LogP contribution in [0.2, 0.25) is 0 Å². The number of nitrogens with one attached hydrogen (secondary N) is 1. The summed E-state index contributed by atoms with van der Waals surface area (Å²) in [5, 5.41) is 2.99. The van der Waals surface area contributed by atoms with Gasteiger partial charge in [-0.3, -0.25) is 14.6 Å². The lowest BCUT2D eigenvalue weighted by Gasteiger charge is -2.30. The number of carbonyl (C=O) groups excluding carboxylic acids is 2. The minimum Gasteiger partial charge on any atom is -0.467 e. The van der Waals surface area contributed by atoms with Crippen LogP contribution in [0.1, 0.15) is 39.0 Å². The number of hydrogen-bond acceptors (Lipinski definition) is 4. The van der Waals surface area contributed by atoms with E-state index in [1.807, 2.05) is 61.5 Å². The van der Waals surface area contributed by atoms with Gasteiger partial charge in [0.05, 0.1) is 12.8 Å². The number of aromatic nitrogens is 1. The van der Waals surface area contributed by atoms with Crippen molar-refractivity contribution in [3.05, 3.63) is 126 Å². The molecule has 0 saturated carbocycles. The molecular weight excluding hydrogens is 414 g/mol. The van der Waals surface area contributed by atoms with Crippen LogP contribution >= 0.6 is 0 Å². The number of pyridine rings is 1. The maximum Gasteiger partial charge on any atom is 0.273 e. The third-order valence-electron chi connectivity index (χ3n) is 5.31. The van der Waals surface area contributed by atoms with E-state index in [0.29, 0.717) is 17.9 Å². The Kier molecular flexibility index (Phi) is 6.95. The largest absolute Gasteiger partial charge is 0.467 e. The molecule has 4 rings (SSSR count). The number of carbonyl (C=O) groups is 2. The molecule has 166 valence electrons. The number of rotatable bonds is 8. The van der Waals surface area contributed by atoms with Crippen LogP contribution in [0.4, 0.5) is 0 Å². The predicted octanol–water partition coefficient (Wildman–Crippen LogP) is 4.68. The van der Waals surface area contributed by atoms with Gasteiger partial charge in [-0.15, -0.1) is 0 Å². The zero-order valence-electron chi connectivity index (χ0n) is 18.3. The van der Waals surface area contributed by atoms with Crippen LogP contribution in [0.5, 0.6) is 0 Å². The van der Waals surface area contributed by atoms with Crippen LogP contribution in [0.3, 0.4) is 0 Å². The van der Waals surface area contributed by atoms with Crippen molar-refractivity contribution in [1.82, 2.24) is 15.2 Å². The average Bonchev–Trinajstić information content (AvgIpc) is 3.37. The van der Waals surface area contributed by atoms with Crippen LogP contribution in [0.15, 0.2) is 102 Å². The summed E-state index contributed by atoms with van der Waals surface area (Å²) < 4.78 is 5.52. The van der Waals surface area contributed by atoms with E-state index in [9.17, 15) is 9.59 Å². The van der Waals surface area contributed by atoms with E-state index >= 15 is 0 Å². The van der Waals surface area contributed by atoms with Crippen molar-refractivity contribution in [1.29, 1.82) is 0 Å². The third kappa shape index (κ3) is 5.54. The molecule has 0 aliphatic heterocycles. The van der Waals surface area contributed by atoms with Crippen LogP contribution in [-0.4, -0.2) is 21.7 Å². The highest BCUT2D eigenvalue weighted by Crippen LogP contribution is 2.26. The lowest BCUT2D eigenvalue weighted by atomic mass is 10.0. The van der Waals surface area contributed by atoms with Crippen molar-refractivity contribution >= 4 is 11.8 Å². The smallest absolute Gasteiger partial charge is 0.273 e. The zero-order valence-corrected chi connectivity index (χ0v) is 18.3. The number of nitrogens with zero attached hydrogens (tertiary/aromatic N) is 2. The quantitative estimate of drug-likeness (QED) is 0.432. The first-order valence-corrected chi connectivity index (χ1v) is 10.7. The van der Waals surface area contributed by atoms with E-state index < -0.39 is 6.04 Å². The molecule has 0 aliphatic carbocycles. The summed E-state index contributed by atoms with van der Waals surface area (Å²) >= 11 is 0. The van der Waals surface area contributed by atoms with Gasteiger partial charge in [0, 0.05) is 12.7 Å². The molecule has 1 atom stereocenters. The van der Waals surface area contributed by atoms with Gasteiger partial charge in [-0.2, -0.15) is 0 Å². The summed E-state index contributed by atoms with van der Waals surface area (Å²) in [5.74, 6) is -0.0572. The minimum absolute atomic E-state index is 0.125. The van der Waals surface area contributed by atoms with Gasteiger partial charge < -0.3 is 14.6 Å². The molecular formula is C27H25N3O3. The molecule has 0 saturated heterocycles. The van der Waals surface area contributed by atoms with E-state index in [1.165, 1.54) is 4.90 Å². The first-order valence-electron chi connectivity index (χ1n) is 10.7. The molecule has 1 N–H and O–H groups in total. The fourth-order valence-electron chi connectivity index (χ4n) is 3.59. The molecule has 33 heavy (non-hydrogen) atoms. The molecule has 6 heteroatoms. The lowest BCUT2D eigenvalue weighted by Crippen LogP contribution is -2.43. The van der Waals surface area contributed by atoms with Gasteiger partial charge in [-0.1, -0.05) is 66.2 Å². The lowest BCUT2D eigenvalue weighted by molar-refractivity contribution is -0.126. The van der Waals surface area contributed by atoms with Gasteiger partial charge in [0.1, 0.15) is 17.5 Å². The second-order valence-electron chi connectivity index (χ2n) is 7.74. The summed E-state index contributed by atoms with van der Waals surface area (Å²) in [6.45, 7) is 2.46. The van der Waals surface area contributed by atoms with Crippen molar-refractivity contribution in [2.24, 2.45) is 0 Å². The highest BCUT2D eigenvalue weighted by atomic mass is 16.3. The van der Waals surface area contributed by atoms with Crippen molar-refractivity contribution in [3.63, 3.8) is 0 Å². The molecule has 2 heterocycles. The van der Waals surface area contributed by atoms with Gasteiger partial charge in [0.2, 0.25) is 5.91 Å². The highest BCUT2D eigenvalue weighted by Gasteiger charge is 2.33. The Morgan fingerprint density at radius 1 is 0.939 bits per heavy atom. The summed E-state index contributed by atoms with van der Waals surface area (Å²) in [6.07, 6.45) is 3.11. The standard InChI is InChI=1S/C27H25N3O3/c1-20-12-14-22(15-13-20)25(26(31)29-18-21-8-3-2-4-9-21)30(19-23-10-7-17-33-23)27(32)24-11-5-6-16-28-24/h2-17,25H,18-19H2,1H3,(H,29,31)/t25-/m0/s1. The molecule has 4 aromatic rings. The topological polar surface area (TPSA) is 75.4 Å². The van der Waals surface area contributed by atoms with E-state index in [0.717, 1.165) is 11.1 Å². The molecule has 0 bridgehead atoms. The Morgan fingerprint density at radius 2 is 1.70 bits per heavy atom. The number of benzene rings is 2. The molecule has 0 radical (unpaired) electrons. The number of amides is 2. The normalized spacial score (nSPS) is 11.5. The Bertz CT molecular complexity index is 1170. The second-order valence-corrected chi connectivity index (χ2v) is 7.74. The van der Waals surface area contributed by atoms with Crippen molar-refractivity contribution < 1.29 is 14.0 Å². The summed E-state index contributed by atoms with van der Waals surface area (Å²) in [6, 6.07) is 25.1. The maximum absolute atomic E-state index is 13.6. The number of hydrogen-bond donors (Lipinski definition) is 1. The van der Waals surface area contributed by atoms with Gasteiger partial charge >= 0.3 is 0 Å². The average molecular weight is 440 g/mol. The fraction of sp³-hybridized carbons (Fsp3) is 0.148. The summed E-state index contributed by atoms with van der Waals surface area (Å²) in [5.41, 5.74) is 3.01. The van der Waals surface area contributed by atoms with Gasteiger partial charge in [0.15, 0.2) is 0 Å². The van der Waals surface area contributed by atoms with Crippen molar-refractivity contribution in [2.75, 3.05) is 0 Å². The monoisotopic (exact) mass is 439 g/mol. The fourth-order valence-corrected chi connectivity index (χ4v) is 3.59. The molecule has 0 aliphatic rings. The van der Waals surface area contributed by atoms with Crippen LogP contribution in [-0.2, 0) is 17.9 Å². The Labute approximate surface area is 192 Å². The first-order chi connectivity index (χ1) is 16.1. The molecule has 0 unspecified atom stereocenters. The minimum atomic E-state index is -0.867. The molecule has 0 spiro atoms. The third-order valence-corrected chi connectivity index (χ3v) is 5.31. The molecule has 2 aromatic heterocycles. The van der Waals surface area contributed by atoms with Crippen LogP contribution in [0, 0.1) is 6.92 Å². The highest BCUT2D eigenvalue weighted by molar-refractivity contribution is 5.96. The van der Waals surface area contributed by atoms with E-state index in [1.54, 1.807) is 42.8 Å².